The van der Waals surface area contributed by atoms with Crippen LogP contribution in [0.1, 0.15) is 18.4 Å². The topological polar surface area (TPSA) is 30.5 Å². The van der Waals surface area contributed by atoms with E-state index in [-0.39, 0.29) is 6.10 Å². The summed E-state index contributed by atoms with van der Waals surface area (Å²) < 4.78 is 11.4. The molecule has 2 atom stereocenters. The molecule has 1 aliphatic heterocycles. The maximum absolute atomic E-state index is 5.96. The molecular weight excluding hydrogens is 214 g/mol. The molecule has 0 bridgehead atoms. The van der Waals surface area contributed by atoms with Gasteiger partial charge in [0.25, 0.3) is 0 Å². The minimum absolute atomic E-state index is 0.276. The second kappa shape index (κ2) is 6.74. The summed E-state index contributed by atoms with van der Waals surface area (Å²) in [5.74, 6) is 0. The molecule has 94 valence electrons. The molecule has 3 nitrogen and oxygen atoms in total. The van der Waals surface area contributed by atoms with Crippen molar-refractivity contribution in [1.29, 1.82) is 0 Å². The van der Waals surface area contributed by atoms with E-state index in [0.717, 1.165) is 25.9 Å². The van der Waals surface area contributed by atoms with E-state index in [0.29, 0.717) is 12.7 Å². The Balaban J connectivity index is 1.81. The van der Waals surface area contributed by atoms with Gasteiger partial charge in [-0.2, -0.15) is 0 Å². The standard InChI is InChI=1S/C14H21NO2/c1-16-14-9-13(7-8-15-10-14)17-11-12-5-3-2-4-6-12/h2-6,13-15H,7-11H2,1H3. The molecule has 1 heterocycles. The maximum atomic E-state index is 5.96. The summed E-state index contributed by atoms with van der Waals surface area (Å²) in [6.07, 6.45) is 2.62. The molecule has 1 fully saturated rings. The molecule has 0 aliphatic carbocycles. The summed E-state index contributed by atoms with van der Waals surface area (Å²) in [5, 5.41) is 3.37. The van der Waals surface area contributed by atoms with E-state index in [1.54, 1.807) is 7.11 Å². The van der Waals surface area contributed by atoms with Crippen LogP contribution in [0.2, 0.25) is 0 Å². The fourth-order valence-corrected chi connectivity index (χ4v) is 2.14. The third-order valence-electron chi connectivity index (χ3n) is 3.20. The normalized spacial score (nSPS) is 25.5. The average molecular weight is 235 g/mol. The Labute approximate surface area is 103 Å². The van der Waals surface area contributed by atoms with E-state index >= 15 is 0 Å². The highest BCUT2D eigenvalue weighted by atomic mass is 16.5. The van der Waals surface area contributed by atoms with Crippen molar-refractivity contribution in [2.24, 2.45) is 0 Å². The number of benzene rings is 1. The Morgan fingerprint density at radius 3 is 2.82 bits per heavy atom. The third-order valence-corrected chi connectivity index (χ3v) is 3.20. The molecule has 0 saturated carbocycles. The van der Waals surface area contributed by atoms with Crippen LogP contribution >= 0.6 is 0 Å². The first-order valence-corrected chi connectivity index (χ1v) is 6.27. The van der Waals surface area contributed by atoms with Crippen LogP contribution in [0.15, 0.2) is 30.3 Å². The van der Waals surface area contributed by atoms with Crippen LogP contribution in [0.25, 0.3) is 0 Å². The second-order valence-electron chi connectivity index (χ2n) is 4.50. The van der Waals surface area contributed by atoms with Gasteiger partial charge < -0.3 is 14.8 Å². The Bertz CT molecular complexity index is 315. The van der Waals surface area contributed by atoms with Gasteiger partial charge in [-0.25, -0.2) is 0 Å². The van der Waals surface area contributed by atoms with Gasteiger partial charge in [-0.3, -0.25) is 0 Å². The van der Waals surface area contributed by atoms with Gasteiger partial charge >= 0.3 is 0 Å². The molecule has 1 N–H and O–H groups in total. The molecule has 0 spiro atoms. The first kappa shape index (κ1) is 12.6. The first-order valence-electron chi connectivity index (χ1n) is 6.27. The fraction of sp³-hybridized carbons (Fsp3) is 0.571. The SMILES string of the molecule is COC1CNCCC(OCc2ccccc2)C1. The fourth-order valence-electron chi connectivity index (χ4n) is 2.14. The number of nitrogens with one attached hydrogen (secondary N) is 1. The molecule has 0 aromatic heterocycles. The Kier molecular flexibility index (Phi) is 4.98. The molecule has 0 radical (unpaired) electrons. The van der Waals surface area contributed by atoms with E-state index in [2.05, 4.69) is 17.4 Å². The van der Waals surface area contributed by atoms with Gasteiger partial charge in [0.1, 0.15) is 0 Å². The van der Waals surface area contributed by atoms with Gasteiger partial charge in [0.2, 0.25) is 0 Å². The van der Waals surface area contributed by atoms with Crippen molar-refractivity contribution in [2.75, 3.05) is 20.2 Å². The summed E-state index contributed by atoms with van der Waals surface area (Å²) in [4.78, 5) is 0. The van der Waals surface area contributed by atoms with Crippen LogP contribution in [0.4, 0.5) is 0 Å². The third kappa shape index (κ3) is 4.11. The Morgan fingerprint density at radius 1 is 1.24 bits per heavy atom. The van der Waals surface area contributed by atoms with Crippen LogP contribution < -0.4 is 5.32 Å². The first-order chi connectivity index (χ1) is 8.38. The van der Waals surface area contributed by atoms with Crippen molar-refractivity contribution in [2.45, 2.75) is 31.7 Å². The van der Waals surface area contributed by atoms with Gasteiger partial charge in [-0.05, 0) is 18.5 Å². The molecular formula is C14H21NO2. The van der Waals surface area contributed by atoms with Crippen molar-refractivity contribution < 1.29 is 9.47 Å². The number of methoxy groups -OCH3 is 1. The second-order valence-corrected chi connectivity index (χ2v) is 4.50. The van der Waals surface area contributed by atoms with Crippen LogP contribution in [-0.2, 0) is 16.1 Å². The molecule has 0 amide bonds. The van der Waals surface area contributed by atoms with Crippen molar-refractivity contribution in [3.05, 3.63) is 35.9 Å². The molecule has 1 aliphatic rings. The predicted molar refractivity (Wildman–Crippen MR) is 67.9 cm³/mol. The van der Waals surface area contributed by atoms with Gasteiger partial charge in [-0.15, -0.1) is 0 Å². The van der Waals surface area contributed by atoms with Gasteiger partial charge in [0.05, 0.1) is 18.8 Å². The lowest BCUT2D eigenvalue weighted by Gasteiger charge is -2.19. The molecule has 3 heteroatoms. The minimum Gasteiger partial charge on any atom is -0.380 e. The number of hydrogen-bond donors (Lipinski definition) is 1. The van der Waals surface area contributed by atoms with E-state index in [1.165, 1.54) is 5.56 Å². The van der Waals surface area contributed by atoms with Crippen LogP contribution in [0.3, 0.4) is 0 Å². The summed E-state index contributed by atoms with van der Waals surface area (Å²) in [6.45, 7) is 2.64. The highest BCUT2D eigenvalue weighted by Crippen LogP contribution is 2.14. The van der Waals surface area contributed by atoms with Crippen LogP contribution in [0, 0.1) is 0 Å². The van der Waals surface area contributed by atoms with Crippen LogP contribution in [0.5, 0.6) is 0 Å². The van der Waals surface area contributed by atoms with Crippen LogP contribution in [-0.4, -0.2) is 32.4 Å². The lowest BCUT2D eigenvalue weighted by molar-refractivity contribution is -0.00215. The predicted octanol–water partition coefficient (Wildman–Crippen LogP) is 1.97. The summed E-state index contributed by atoms with van der Waals surface area (Å²) in [5.41, 5.74) is 1.23. The van der Waals surface area contributed by atoms with E-state index in [4.69, 9.17) is 9.47 Å². The lowest BCUT2D eigenvalue weighted by atomic mass is 10.1. The van der Waals surface area contributed by atoms with Crippen molar-refractivity contribution in [3.63, 3.8) is 0 Å². The smallest absolute Gasteiger partial charge is 0.0720 e. The number of rotatable bonds is 4. The highest BCUT2D eigenvalue weighted by Gasteiger charge is 2.19. The van der Waals surface area contributed by atoms with Crippen molar-refractivity contribution >= 4 is 0 Å². The summed E-state index contributed by atoms with van der Waals surface area (Å²) in [7, 11) is 1.77. The monoisotopic (exact) mass is 235 g/mol. The maximum Gasteiger partial charge on any atom is 0.0720 e. The van der Waals surface area contributed by atoms with E-state index in [9.17, 15) is 0 Å². The van der Waals surface area contributed by atoms with Gasteiger partial charge in [0.15, 0.2) is 0 Å². The van der Waals surface area contributed by atoms with Gasteiger partial charge in [0, 0.05) is 20.1 Å². The average Bonchev–Trinajstić information content (AvgIpc) is 2.62. The zero-order valence-electron chi connectivity index (χ0n) is 10.4. The van der Waals surface area contributed by atoms with E-state index in [1.807, 2.05) is 18.2 Å². The number of ether oxygens (including phenoxy) is 2. The van der Waals surface area contributed by atoms with Crippen molar-refractivity contribution in [3.8, 4) is 0 Å². The zero-order valence-corrected chi connectivity index (χ0v) is 10.4. The minimum atomic E-state index is 0.276. The van der Waals surface area contributed by atoms with Gasteiger partial charge in [-0.1, -0.05) is 30.3 Å². The Hall–Kier alpha value is -0.900. The largest absolute Gasteiger partial charge is 0.380 e. The summed E-state index contributed by atoms with van der Waals surface area (Å²) in [6, 6.07) is 10.3. The molecule has 1 saturated heterocycles. The molecule has 2 unspecified atom stereocenters. The number of hydrogen-bond acceptors (Lipinski definition) is 3. The van der Waals surface area contributed by atoms with E-state index < -0.39 is 0 Å². The quantitative estimate of drug-likeness (QED) is 0.865. The Morgan fingerprint density at radius 2 is 2.06 bits per heavy atom. The highest BCUT2D eigenvalue weighted by molar-refractivity contribution is 5.13. The van der Waals surface area contributed by atoms with Crippen molar-refractivity contribution in [1.82, 2.24) is 5.32 Å². The molecule has 17 heavy (non-hydrogen) atoms. The molecule has 1 aromatic rings. The molecule has 1 aromatic carbocycles. The zero-order chi connectivity index (χ0) is 11.9. The molecule has 2 rings (SSSR count). The summed E-state index contributed by atoms with van der Waals surface area (Å²) >= 11 is 0. The lowest BCUT2D eigenvalue weighted by Crippen LogP contribution is -2.26.